The highest BCUT2D eigenvalue weighted by atomic mass is 35.5. The summed E-state index contributed by atoms with van der Waals surface area (Å²) in [6.07, 6.45) is 4.10. The lowest BCUT2D eigenvalue weighted by Gasteiger charge is -2.36. The molecule has 0 saturated heterocycles. The van der Waals surface area contributed by atoms with Crippen molar-refractivity contribution in [3.63, 3.8) is 0 Å². The summed E-state index contributed by atoms with van der Waals surface area (Å²) >= 11 is 11.8. The summed E-state index contributed by atoms with van der Waals surface area (Å²) in [4.78, 5) is -0.0509. The molecule has 2 N–H and O–H groups in total. The number of nitrogens with one attached hydrogen (secondary N) is 1. The molecular weight excluding hydrogens is 321 g/mol. The summed E-state index contributed by atoms with van der Waals surface area (Å²) < 4.78 is 27.6. The lowest BCUT2D eigenvalue weighted by Crippen LogP contribution is -2.52. The molecular formula is C13H17Cl2NO3S. The number of halogens is 2. The van der Waals surface area contributed by atoms with Crippen LogP contribution in [0.15, 0.2) is 23.1 Å². The van der Waals surface area contributed by atoms with Crippen molar-refractivity contribution in [2.75, 3.05) is 6.61 Å². The van der Waals surface area contributed by atoms with E-state index in [1.807, 2.05) is 0 Å². The van der Waals surface area contributed by atoms with Crippen LogP contribution in [0.1, 0.15) is 32.1 Å². The standard InChI is InChI=1S/C13H17Cl2NO3S/c14-10-4-5-11(15)12(8-10)20(18,19)16-13(9-17)6-2-1-3-7-13/h4-5,8,16-17H,1-3,6-7,9H2. The fourth-order valence-electron chi connectivity index (χ4n) is 2.54. The number of aliphatic hydroxyl groups excluding tert-OH is 1. The first-order chi connectivity index (χ1) is 9.38. The van der Waals surface area contributed by atoms with Crippen LogP contribution in [0.3, 0.4) is 0 Å². The van der Waals surface area contributed by atoms with E-state index < -0.39 is 15.6 Å². The zero-order valence-corrected chi connectivity index (χ0v) is 13.2. The largest absolute Gasteiger partial charge is 0.394 e. The minimum absolute atomic E-state index is 0.0509. The first-order valence-electron chi connectivity index (χ1n) is 6.48. The van der Waals surface area contributed by atoms with E-state index >= 15 is 0 Å². The Bertz CT molecular complexity index is 583. The Hall–Kier alpha value is -0.330. The van der Waals surface area contributed by atoms with Crippen LogP contribution < -0.4 is 4.72 Å². The molecule has 1 aliphatic carbocycles. The van der Waals surface area contributed by atoms with E-state index in [-0.39, 0.29) is 16.5 Å². The summed E-state index contributed by atoms with van der Waals surface area (Å²) in [5, 5.41) is 10.0. The molecule has 1 aromatic carbocycles. The van der Waals surface area contributed by atoms with Crippen molar-refractivity contribution < 1.29 is 13.5 Å². The van der Waals surface area contributed by atoms with Gasteiger partial charge in [0.2, 0.25) is 10.0 Å². The van der Waals surface area contributed by atoms with Gasteiger partial charge in [-0.05, 0) is 31.0 Å². The molecule has 0 amide bonds. The third-order valence-corrected chi connectivity index (χ3v) is 5.94. The molecule has 0 spiro atoms. The van der Waals surface area contributed by atoms with Crippen LogP contribution in [0.2, 0.25) is 10.0 Å². The second-order valence-corrected chi connectivity index (χ2v) is 7.67. The van der Waals surface area contributed by atoms with Gasteiger partial charge in [-0.3, -0.25) is 0 Å². The number of sulfonamides is 1. The van der Waals surface area contributed by atoms with Crippen molar-refractivity contribution in [1.82, 2.24) is 4.72 Å². The fourth-order valence-corrected chi connectivity index (χ4v) is 4.76. The summed E-state index contributed by atoms with van der Waals surface area (Å²) in [6, 6.07) is 4.30. The normalized spacial score (nSPS) is 18.9. The molecule has 0 bridgehead atoms. The Morgan fingerprint density at radius 3 is 2.45 bits per heavy atom. The van der Waals surface area contributed by atoms with E-state index in [1.54, 1.807) is 0 Å². The lowest BCUT2D eigenvalue weighted by molar-refractivity contribution is 0.142. The highest BCUT2D eigenvalue weighted by molar-refractivity contribution is 7.89. The van der Waals surface area contributed by atoms with E-state index in [0.717, 1.165) is 19.3 Å². The first kappa shape index (κ1) is 16.0. The predicted octanol–water partition coefficient (Wildman–Crippen LogP) is 2.97. The molecule has 0 atom stereocenters. The molecule has 20 heavy (non-hydrogen) atoms. The van der Waals surface area contributed by atoms with Gasteiger partial charge in [0.1, 0.15) is 4.90 Å². The van der Waals surface area contributed by atoms with E-state index in [0.29, 0.717) is 17.9 Å². The molecule has 1 aromatic rings. The first-order valence-corrected chi connectivity index (χ1v) is 8.72. The maximum absolute atomic E-state index is 12.5. The van der Waals surface area contributed by atoms with E-state index in [1.165, 1.54) is 18.2 Å². The van der Waals surface area contributed by atoms with Gasteiger partial charge in [-0.25, -0.2) is 13.1 Å². The maximum atomic E-state index is 12.5. The van der Waals surface area contributed by atoms with Crippen LogP contribution in [0.25, 0.3) is 0 Å². The molecule has 0 radical (unpaired) electrons. The quantitative estimate of drug-likeness (QED) is 0.887. The van der Waals surface area contributed by atoms with Gasteiger partial charge in [-0.1, -0.05) is 42.5 Å². The lowest BCUT2D eigenvalue weighted by atomic mass is 9.83. The average Bonchev–Trinajstić information content (AvgIpc) is 2.42. The molecule has 0 unspecified atom stereocenters. The smallest absolute Gasteiger partial charge is 0.242 e. The molecule has 7 heteroatoms. The van der Waals surface area contributed by atoms with Crippen LogP contribution in [0.4, 0.5) is 0 Å². The van der Waals surface area contributed by atoms with Crippen molar-refractivity contribution in [3.8, 4) is 0 Å². The highest BCUT2D eigenvalue weighted by Crippen LogP contribution is 2.31. The molecule has 2 rings (SSSR count). The molecule has 0 heterocycles. The molecule has 4 nitrogen and oxygen atoms in total. The number of aliphatic hydroxyl groups is 1. The van der Waals surface area contributed by atoms with E-state index in [4.69, 9.17) is 23.2 Å². The minimum Gasteiger partial charge on any atom is -0.394 e. The highest BCUT2D eigenvalue weighted by Gasteiger charge is 2.36. The van der Waals surface area contributed by atoms with Gasteiger partial charge in [0.05, 0.1) is 17.2 Å². The summed E-state index contributed by atoms with van der Waals surface area (Å²) in [7, 11) is -3.81. The van der Waals surface area contributed by atoms with Crippen LogP contribution in [-0.4, -0.2) is 25.7 Å². The Balaban J connectivity index is 2.32. The van der Waals surface area contributed by atoms with Crippen molar-refractivity contribution in [2.24, 2.45) is 0 Å². The van der Waals surface area contributed by atoms with Crippen molar-refractivity contribution in [2.45, 2.75) is 42.5 Å². The van der Waals surface area contributed by atoms with Gasteiger partial charge < -0.3 is 5.11 Å². The average molecular weight is 338 g/mol. The van der Waals surface area contributed by atoms with Crippen molar-refractivity contribution in [1.29, 1.82) is 0 Å². The minimum atomic E-state index is -3.81. The van der Waals surface area contributed by atoms with Crippen molar-refractivity contribution >= 4 is 33.2 Å². The topological polar surface area (TPSA) is 66.4 Å². The Morgan fingerprint density at radius 1 is 1.20 bits per heavy atom. The zero-order chi connectivity index (χ0) is 14.8. The molecule has 1 aliphatic rings. The molecule has 0 aromatic heterocycles. The maximum Gasteiger partial charge on any atom is 0.242 e. The van der Waals surface area contributed by atoms with Gasteiger partial charge in [-0.2, -0.15) is 0 Å². The Morgan fingerprint density at radius 2 is 1.85 bits per heavy atom. The Labute approximate surface area is 129 Å². The fraction of sp³-hybridized carbons (Fsp3) is 0.538. The van der Waals surface area contributed by atoms with Crippen LogP contribution in [-0.2, 0) is 10.0 Å². The van der Waals surface area contributed by atoms with Crippen molar-refractivity contribution in [3.05, 3.63) is 28.2 Å². The molecule has 112 valence electrons. The van der Waals surface area contributed by atoms with Crippen LogP contribution in [0, 0.1) is 0 Å². The van der Waals surface area contributed by atoms with Gasteiger partial charge in [0.25, 0.3) is 0 Å². The number of hydrogen-bond donors (Lipinski definition) is 2. The van der Waals surface area contributed by atoms with Gasteiger partial charge in [-0.15, -0.1) is 0 Å². The van der Waals surface area contributed by atoms with E-state index in [2.05, 4.69) is 4.72 Å². The molecule has 1 saturated carbocycles. The van der Waals surface area contributed by atoms with Crippen LogP contribution >= 0.6 is 23.2 Å². The Kier molecular flexibility index (Phi) is 4.97. The summed E-state index contributed by atoms with van der Waals surface area (Å²) in [5.41, 5.74) is -0.789. The monoisotopic (exact) mass is 337 g/mol. The summed E-state index contributed by atoms with van der Waals surface area (Å²) in [5.74, 6) is 0. The third kappa shape index (κ3) is 3.46. The summed E-state index contributed by atoms with van der Waals surface area (Å²) in [6.45, 7) is -0.218. The SMILES string of the molecule is O=S(=O)(NC1(CO)CCCCC1)c1cc(Cl)ccc1Cl. The number of hydrogen-bond acceptors (Lipinski definition) is 3. The molecule has 0 aliphatic heterocycles. The zero-order valence-electron chi connectivity index (χ0n) is 10.9. The van der Waals surface area contributed by atoms with Gasteiger partial charge >= 0.3 is 0 Å². The molecule has 1 fully saturated rings. The second-order valence-electron chi connectivity index (χ2n) is 5.18. The van der Waals surface area contributed by atoms with E-state index in [9.17, 15) is 13.5 Å². The number of rotatable bonds is 4. The number of benzene rings is 1. The second kappa shape index (κ2) is 6.20. The van der Waals surface area contributed by atoms with Gasteiger partial charge in [0, 0.05) is 5.02 Å². The van der Waals surface area contributed by atoms with Gasteiger partial charge in [0.15, 0.2) is 0 Å². The van der Waals surface area contributed by atoms with Crippen LogP contribution in [0.5, 0.6) is 0 Å². The third-order valence-electron chi connectivity index (χ3n) is 3.65. The predicted molar refractivity (Wildman–Crippen MR) is 79.7 cm³/mol.